The van der Waals surface area contributed by atoms with Crippen molar-refractivity contribution in [2.24, 2.45) is 0 Å². The zero-order valence-corrected chi connectivity index (χ0v) is 32.4. The van der Waals surface area contributed by atoms with E-state index in [1.807, 2.05) is 24.5 Å². The van der Waals surface area contributed by atoms with E-state index in [2.05, 4.69) is 187 Å². The van der Waals surface area contributed by atoms with E-state index in [1.54, 1.807) is 0 Å². The molecule has 0 aliphatic carbocycles. The summed E-state index contributed by atoms with van der Waals surface area (Å²) >= 11 is 0. The number of benzene rings is 10. The number of hydrogen-bond donors (Lipinski definition) is 0. The zero-order chi connectivity index (χ0) is 39.6. The molecule has 0 unspecified atom stereocenters. The summed E-state index contributed by atoms with van der Waals surface area (Å²) in [7, 11) is 0. The molecule has 278 valence electrons. The van der Waals surface area contributed by atoms with Crippen molar-refractivity contribution in [3.63, 3.8) is 0 Å². The van der Waals surface area contributed by atoms with Crippen LogP contribution in [0, 0.1) is 0 Å². The molecule has 4 nitrogen and oxygen atoms in total. The van der Waals surface area contributed by atoms with Crippen molar-refractivity contribution in [1.82, 2.24) is 19.9 Å². The van der Waals surface area contributed by atoms with Crippen molar-refractivity contribution >= 4 is 53.9 Å². The molecule has 0 N–H and O–H groups in total. The van der Waals surface area contributed by atoms with Crippen molar-refractivity contribution in [3.05, 3.63) is 207 Å². The molecule has 10 aromatic carbocycles. The molecule has 0 amide bonds. The van der Waals surface area contributed by atoms with Crippen LogP contribution in [0.15, 0.2) is 207 Å². The summed E-state index contributed by atoms with van der Waals surface area (Å²) in [6.45, 7) is 0. The second kappa shape index (κ2) is 13.8. The minimum atomic E-state index is 0.622. The SMILES string of the molecule is c1ccc2c(c1)cc(-c1ccc(-c3nc(-c4ccc(-c5ccncc5)cc4)nc(-c4ccc(-c5ccc6ccc7cccc8ccc5c6c78)cc4)n3)cc1)c1ccccc12. The van der Waals surface area contributed by atoms with Crippen molar-refractivity contribution < 1.29 is 0 Å². The fourth-order valence-electron chi connectivity index (χ4n) is 9.00. The molecular formula is C56H34N4. The van der Waals surface area contributed by atoms with E-state index >= 15 is 0 Å². The van der Waals surface area contributed by atoms with Gasteiger partial charge in [0.15, 0.2) is 17.5 Å². The van der Waals surface area contributed by atoms with Crippen LogP contribution in [0.4, 0.5) is 0 Å². The first kappa shape index (κ1) is 34.0. The molecule has 60 heavy (non-hydrogen) atoms. The minimum Gasteiger partial charge on any atom is -0.265 e. The largest absolute Gasteiger partial charge is 0.265 e. The van der Waals surface area contributed by atoms with Crippen LogP contribution in [0.1, 0.15) is 0 Å². The fourth-order valence-corrected chi connectivity index (χ4v) is 9.00. The molecule has 0 saturated carbocycles. The quantitative estimate of drug-likeness (QED) is 0.158. The van der Waals surface area contributed by atoms with Gasteiger partial charge in [0.1, 0.15) is 0 Å². The number of nitrogens with zero attached hydrogens (tertiary/aromatic N) is 4. The lowest BCUT2D eigenvalue weighted by Crippen LogP contribution is -2.00. The lowest BCUT2D eigenvalue weighted by atomic mass is 9.90. The van der Waals surface area contributed by atoms with Crippen molar-refractivity contribution in [3.8, 4) is 67.5 Å². The lowest BCUT2D eigenvalue weighted by Gasteiger charge is -2.14. The number of pyridine rings is 1. The Morgan fingerprint density at radius 1 is 0.250 bits per heavy atom. The molecule has 0 saturated heterocycles. The Kier molecular flexibility index (Phi) is 7.82. The molecule has 2 aromatic heterocycles. The van der Waals surface area contributed by atoms with Crippen LogP contribution in [0.25, 0.3) is 121 Å². The van der Waals surface area contributed by atoms with Gasteiger partial charge in [0.25, 0.3) is 0 Å². The molecule has 0 radical (unpaired) electrons. The third kappa shape index (κ3) is 5.69. The van der Waals surface area contributed by atoms with Gasteiger partial charge in [-0.15, -0.1) is 0 Å². The zero-order valence-electron chi connectivity index (χ0n) is 32.4. The summed E-state index contributed by atoms with van der Waals surface area (Å²) < 4.78 is 0. The molecule has 0 atom stereocenters. The van der Waals surface area contributed by atoms with E-state index in [9.17, 15) is 0 Å². The average molecular weight is 763 g/mol. The molecule has 0 bridgehead atoms. The Hall–Kier alpha value is -8.08. The highest BCUT2D eigenvalue weighted by atomic mass is 15.0. The monoisotopic (exact) mass is 762 g/mol. The Bertz CT molecular complexity index is 3540. The minimum absolute atomic E-state index is 0.622. The van der Waals surface area contributed by atoms with E-state index < -0.39 is 0 Å². The second-order valence-electron chi connectivity index (χ2n) is 15.4. The fraction of sp³-hybridized carbons (Fsp3) is 0. The summed E-state index contributed by atoms with van der Waals surface area (Å²) in [6, 6.07) is 69.3. The van der Waals surface area contributed by atoms with E-state index in [-0.39, 0.29) is 0 Å². The standard InChI is InChI=1S/C56H34N4/c1-2-9-46-45(6-1)34-51(49-11-4-3-10-48(46)49)38-16-24-44(25-17-38)56-59-54(42-20-12-35(13-21-42)36-30-32-57-33-31-36)58-55(60-56)43-22-14-37(15-23-43)47-28-26-41-19-18-39-7-5-8-40-27-29-50(47)53(41)52(39)40/h1-34H. The summed E-state index contributed by atoms with van der Waals surface area (Å²) in [5.74, 6) is 1.87. The van der Waals surface area contributed by atoms with Gasteiger partial charge in [0.05, 0.1) is 0 Å². The summed E-state index contributed by atoms with van der Waals surface area (Å²) in [6.07, 6.45) is 3.63. The Morgan fingerprint density at radius 2 is 0.700 bits per heavy atom. The molecule has 4 heteroatoms. The van der Waals surface area contributed by atoms with Crippen LogP contribution in [0.5, 0.6) is 0 Å². The van der Waals surface area contributed by atoms with Gasteiger partial charge in [-0.1, -0.05) is 176 Å². The van der Waals surface area contributed by atoms with Crippen LogP contribution >= 0.6 is 0 Å². The first-order valence-electron chi connectivity index (χ1n) is 20.3. The number of fused-ring (bicyclic) bond motifs is 3. The van der Waals surface area contributed by atoms with Gasteiger partial charge in [-0.05, 0) is 105 Å². The van der Waals surface area contributed by atoms with Gasteiger partial charge >= 0.3 is 0 Å². The van der Waals surface area contributed by atoms with Gasteiger partial charge in [0, 0.05) is 29.1 Å². The van der Waals surface area contributed by atoms with Crippen LogP contribution in [-0.2, 0) is 0 Å². The topological polar surface area (TPSA) is 51.6 Å². The Labute approximate surface area is 346 Å². The maximum Gasteiger partial charge on any atom is 0.164 e. The van der Waals surface area contributed by atoms with Gasteiger partial charge in [-0.2, -0.15) is 0 Å². The molecular weight excluding hydrogens is 729 g/mol. The molecule has 0 fully saturated rings. The van der Waals surface area contributed by atoms with Gasteiger partial charge in [-0.3, -0.25) is 4.98 Å². The maximum atomic E-state index is 5.14. The predicted molar refractivity (Wildman–Crippen MR) is 249 cm³/mol. The van der Waals surface area contributed by atoms with Crippen LogP contribution in [-0.4, -0.2) is 19.9 Å². The number of hydrogen-bond acceptors (Lipinski definition) is 4. The first-order valence-corrected chi connectivity index (χ1v) is 20.3. The third-order valence-electron chi connectivity index (χ3n) is 12.0. The number of aromatic nitrogens is 4. The van der Waals surface area contributed by atoms with Gasteiger partial charge in [-0.25, -0.2) is 15.0 Å². The second-order valence-corrected chi connectivity index (χ2v) is 15.4. The van der Waals surface area contributed by atoms with Crippen molar-refractivity contribution in [2.75, 3.05) is 0 Å². The third-order valence-corrected chi connectivity index (χ3v) is 12.0. The number of rotatable bonds is 6. The normalized spacial score (nSPS) is 11.7. The highest BCUT2D eigenvalue weighted by Gasteiger charge is 2.16. The van der Waals surface area contributed by atoms with E-state index in [0.717, 1.165) is 38.9 Å². The summed E-state index contributed by atoms with van der Waals surface area (Å²) in [4.78, 5) is 19.5. The Balaban J connectivity index is 0.954. The molecule has 12 rings (SSSR count). The Morgan fingerprint density at radius 3 is 1.33 bits per heavy atom. The van der Waals surface area contributed by atoms with Gasteiger partial charge < -0.3 is 0 Å². The predicted octanol–water partition coefficient (Wildman–Crippen LogP) is 14.5. The molecule has 0 aliphatic heterocycles. The molecule has 2 heterocycles. The van der Waals surface area contributed by atoms with Crippen molar-refractivity contribution in [2.45, 2.75) is 0 Å². The highest BCUT2D eigenvalue weighted by Crippen LogP contribution is 2.40. The first-order chi connectivity index (χ1) is 29.7. The molecule has 0 aliphatic rings. The van der Waals surface area contributed by atoms with E-state index in [4.69, 9.17) is 15.0 Å². The smallest absolute Gasteiger partial charge is 0.164 e. The lowest BCUT2D eigenvalue weighted by molar-refractivity contribution is 1.07. The van der Waals surface area contributed by atoms with Crippen molar-refractivity contribution in [1.29, 1.82) is 0 Å². The van der Waals surface area contributed by atoms with Gasteiger partial charge in [0.2, 0.25) is 0 Å². The molecule has 0 spiro atoms. The van der Waals surface area contributed by atoms with Crippen LogP contribution < -0.4 is 0 Å². The van der Waals surface area contributed by atoms with E-state index in [0.29, 0.717) is 17.5 Å². The van der Waals surface area contributed by atoms with E-state index in [1.165, 1.54) is 65.0 Å². The maximum absolute atomic E-state index is 5.14. The summed E-state index contributed by atoms with van der Waals surface area (Å²) in [5.41, 5.74) is 9.68. The van der Waals surface area contributed by atoms with Crippen LogP contribution in [0.2, 0.25) is 0 Å². The summed E-state index contributed by atoms with van der Waals surface area (Å²) in [5, 5.41) is 12.6. The highest BCUT2D eigenvalue weighted by molar-refractivity contribution is 6.25. The van der Waals surface area contributed by atoms with Crippen LogP contribution in [0.3, 0.4) is 0 Å². The average Bonchev–Trinajstić information content (AvgIpc) is 3.33. The molecule has 12 aromatic rings.